The minimum atomic E-state index is -0.705. The van der Waals surface area contributed by atoms with E-state index in [0.717, 1.165) is 46.2 Å². The molecule has 5 heterocycles. The van der Waals surface area contributed by atoms with Crippen LogP contribution in [0.3, 0.4) is 0 Å². The third-order valence-corrected chi connectivity index (χ3v) is 8.41. The van der Waals surface area contributed by atoms with Gasteiger partial charge < -0.3 is 14.7 Å². The number of allylic oxidation sites excluding steroid dienone is 1. The van der Waals surface area contributed by atoms with Crippen molar-refractivity contribution in [2.45, 2.75) is 51.2 Å². The van der Waals surface area contributed by atoms with Crippen LogP contribution in [0.15, 0.2) is 84.8 Å². The van der Waals surface area contributed by atoms with Gasteiger partial charge >= 0.3 is 0 Å². The maximum Gasteiger partial charge on any atom is 0.212 e. The highest BCUT2D eigenvalue weighted by Gasteiger charge is 2.39. The first kappa shape index (κ1) is 29.8. The lowest BCUT2D eigenvalue weighted by Gasteiger charge is -2.45. The molecule has 4 aromatic rings. The lowest BCUT2D eigenvalue weighted by atomic mass is 9.61. The van der Waals surface area contributed by atoms with Crippen molar-refractivity contribution in [1.29, 1.82) is 5.26 Å². The fraction of sp³-hybridized carbons (Fsp3) is 0.306. The number of nitriles is 1. The Morgan fingerprint density at radius 3 is 2.58 bits per heavy atom. The van der Waals surface area contributed by atoms with Gasteiger partial charge in [0.15, 0.2) is 0 Å². The molecule has 226 valence electrons. The molecule has 2 bridgehead atoms. The largest absolute Gasteiger partial charge is 0.481 e. The molecule has 1 N–H and O–H groups in total. The summed E-state index contributed by atoms with van der Waals surface area (Å²) in [7, 11) is 1.61. The minimum Gasteiger partial charge on any atom is -0.481 e. The predicted molar refractivity (Wildman–Crippen MR) is 173 cm³/mol. The number of aromatic nitrogens is 4. The van der Waals surface area contributed by atoms with E-state index in [1.807, 2.05) is 54.0 Å². The number of aliphatic hydroxyl groups is 1. The van der Waals surface area contributed by atoms with Crippen LogP contribution in [0.4, 0.5) is 0 Å². The van der Waals surface area contributed by atoms with E-state index in [0.29, 0.717) is 17.4 Å². The average Bonchev–Trinajstić information content (AvgIpc) is 3.31. The maximum absolute atomic E-state index is 9.50. The molecule has 9 nitrogen and oxygen atoms in total. The number of aliphatic imine (C=N–C) groups is 1. The van der Waals surface area contributed by atoms with E-state index in [4.69, 9.17) is 9.72 Å². The lowest BCUT2D eigenvalue weighted by Crippen LogP contribution is -2.33. The predicted octanol–water partition coefficient (Wildman–Crippen LogP) is 5.87. The second-order valence-electron chi connectivity index (χ2n) is 11.7. The summed E-state index contributed by atoms with van der Waals surface area (Å²) in [6, 6.07) is 12.3. The van der Waals surface area contributed by atoms with Crippen molar-refractivity contribution >= 4 is 11.7 Å². The molecule has 9 heteroatoms. The number of rotatable bonds is 5. The lowest BCUT2D eigenvalue weighted by molar-refractivity contribution is 0.0952. The van der Waals surface area contributed by atoms with Gasteiger partial charge in [-0.15, -0.1) is 0 Å². The molecule has 0 radical (unpaired) electrons. The van der Waals surface area contributed by atoms with Crippen LogP contribution in [0.1, 0.15) is 60.9 Å². The standard InChI is InChI=1S/C24H22N4O.C12H13N3O/c1-15(29)2-3-16-10-22(24-21(11-25)13-27-28(24)14-16)19-4-5-23(26-12-19)20-8-17-6-18(7-17)9-20;1-16-12-4-3-11(9-14-12)10-15-7-2-5-13-6-8-15/h4-5,10,12-15,17-18,20,29H,6-9H2,1H3;2-9H,10H2,1H3. The van der Waals surface area contributed by atoms with E-state index >= 15 is 0 Å². The van der Waals surface area contributed by atoms with Crippen molar-refractivity contribution < 1.29 is 9.84 Å². The number of aliphatic hydroxyl groups excluding tert-OH is 1. The van der Waals surface area contributed by atoms with Crippen molar-refractivity contribution in [2.75, 3.05) is 7.11 Å². The molecular weight excluding hydrogens is 562 g/mol. The summed E-state index contributed by atoms with van der Waals surface area (Å²) in [6.07, 6.45) is 21.0. The van der Waals surface area contributed by atoms with Crippen molar-refractivity contribution in [3.8, 4) is 34.9 Å². The topological polar surface area (TPSA) is 112 Å². The van der Waals surface area contributed by atoms with Gasteiger partial charge in [0.2, 0.25) is 5.88 Å². The monoisotopic (exact) mass is 597 g/mol. The van der Waals surface area contributed by atoms with Gasteiger partial charge in [0, 0.05) is 84.3 Å². The molecule has 4 aliphatic rings. The third-order valence-electron chi connectivity index (χ3n) is 8.41. The van der Waals surface area contributed by atoms with E-state index in [9.17, 15) is 10.4 Å². The number of hydrogen-bond acceptors (Lipinski definition) is 8. The smallest absolute Gasteiger partial charge is 0.212 e. The Labute approximate surface area is 263 Å². The Balaban J connectivity index is 0.000000189. The molecule has 0 spiro atoms. The molecule has 0 amide bonds. The summed E-state index contributed by atoms with van der Waals surface area (Å²) in [5.41, 5.74) is 6.13. The Hall–Kier alpha value is -5.25. The summed E-state index contributed by atoms with van der Waals surface area (Å²) in [6.45, 7) is 2.40. The molecule has 0 aromatic carbocycles. The molecule has 45 heavy (non-hydrogen) atoms. The van der Waals surface area contributed by atoms with E-state index in [2.05, 4.69) is 45.1 Å². The van der Waals surface area contributed by atoms with Crippen LogP contribution in [0.5, 0.6) is 5.88 Å². The van der Waals surface area contributed by atoms with Crippen LogP contribution in [-0.2, 0) is 6.54 Å². The maximum atomic E-state index is 9.50. The summed E-state index contributed by atoms with van der Waals surface area (Å²) >= 11 is 0. The summed E-state index contributed by atoms with van der Waals surface area (Å²) in [5.74, 6) is 8.76. The molecule has 0 saturated heterocycles. The number of ether oxygens (including phenoxy) is 1. The number of pyridine rings is 3. The van der Waals surface area contributed by atoms with Crippen LogP contribution in [0, 0.1) is 35.0 Å². The van der Waals surface area contributed by atoms with Gasteiger partial charge in [-0.05, 0) is 68.2 Å². The van der Waals surface area contributed by atoms with Crippen molar-refractivity contribution in [1.82, 2.24) is 24.5 Å². The molecule has 3 saturated carbocycles. The fourth-order valence-corrected chi connectivity index (χ4v) is 6.25. The Morgan fingerprint density at radius 2 is 1.89 bits per heavy atom. The van der Waals surface area contributed by atoms with E-state index < -0.39 is 6.10 Å². The second-order valence-corrected chi connectivity index (χ2v) is 11.7. The first-order chi connectivity index (χ1) is 22.0. The Kier molecular flexibility index (Phi) is 9.00. The first-order valence-electron chi connectivity index (χ1n) is 15.2. The second kappa shape index (κ2) is 13.6. The van der Waals surface area contributed by atoms with Gasteiger partial charge in [0.1, 0.15) is 12.2 Å². The Bertz CT molecular complexity index is 1800. The summed E-state index contributed by atoms with van der Waals surface area (Å²) in [4.78, 5) is 15.0. The molecule has 1 aliphatic heterocycles. The summed E-state index contributed by atoms with van der Waals surface area (Å²) < 4.78 is 6.69. The molecule has 3 aliphatic carbocycles. The quantitative estimate of drug-likeness (QED) is 0.287. The number of nitrogens with zero attached hydrogens (tertiary/aromatic N) is 7. The van der Waals surface area contributed by atoms with Crippen molar-refractivity contribution in [2.24, 2.45) is 16.8 Å². The SMILES string of the molecule is CC(O)C#Cc1cc(-c2ccc(C3CC4CC(C4)C3)nc2)c2c(C#N)cnn2c1.COc1ccc(CN2C=CC=NC=C2)cn1. The zero-order valence-corrected chi connectivity index (χ0v) is 25.4. The van der Waals surface area contributed by atoms with Gasteiger partial charge in [-0.1, -0.05) is 24.0 Å². The van der Waals surface area contributed by atoms with Crippen LogP contribution in [0.25, 0.3) is 16.6 Å². The molecule has 3 fully saturated rings. The number of hydrogen-bond donors (Lipinski definition) is 1. The van der Waals surface area contributed by atoms with Crippen LogP contribution >= 0.6 is 0 Å². The molecule has 1 unspecified atom stereocenters. The van der Waals surface area contributed by atoms with Gasteiger partial charge in [0.25, 0.3) is 0 Å². The van der Waals surface area contributed by atoms with Gasteiger partial charge in [-0.25, -0.2) is 9.50 Å². The molecule has 8 rings (SSSR count). The van der Waals surface area contributed by atoms with Gasteiger partial charge in [0.05, 0.1) is 24.4 Å². The van der Waals surface area contributed by atoms with Crippen molar-refractivity contribution in [3.63, 3.8) is 0 Å². The average molecular weight is 598 g/mol. The van der Waals surface area contributed by atoms with E-state index in [1.54, 1.807) is 43.4 Å². The normalized spacial score (nSPS) is 20.1. The van der Waals surface area contributed by atoms with E-state index in [1.165, 1.54) is 31.4 Å². The minimum absolute atomic E-state index is 0.520. The van der Waals surface area contributed by atoms with Gasteiger partial charge in [-0.2, -0.15) is 10.4 Å². The highest BCUT2D eigenvalue weighted by Crippen LogP contribution is 2.51. The summed E-state index contributed by atoms with van der Waals surface area (Å²) in [5, 5.41) is 23.3. The van der Waals surface area contributed by atoms with Crippen LogP contribution < -0.4 is 4.74 Å². The first-order valence-corrected chi connectivity index (χ1v) is 15.2. The fourth-order valence-electron chi connectivity index (χ4n) is 6.25. The van der Waals surface area contributed by atoms with Crippen LogP contribution in [0.2, 0.25) is 0 Å². The molecular formula is C36H35N7O2. The number of fused-ring (bicyclic) bond motifs is 3. The Morgan fingerprint density at radius 1 is 1.04 bits per heavy atom. The zero-order valence-electron chi connectivity index (χ0n) is 25.4. The number of methoxy groups -OCH3 is 1. The third kappa shape index (κ3) is 7.12. The molecule has 4 aromatic heterocycles. The highest BCUT2D eigenvalue weighted by atomic mass is 16.5. The van der Waals surface area contributed by atoms with E-state index in [-0.39, 0.29) is 0 Å². The molecule has 1 atom stereocenters. The van der Waals surface area contributed by atoms with Gasteiger partial charge in [-0.3, -0.25) is 9.98 Å². The van der Waals surface area contributed by atoms with Crippen LogP contribution in [-0.4, -0.2) is 49.0 Å². The van der Waals surface area contributed by atoms with Crippen molar-refractivity contribution in [3.05, 3.63) is 102 Å². The highest BCUT2D eigenvalue weighted by molar-refractivity contribution is 5.85. The zero-order chi connectivity index (χ0) is 31.2.